The van der Waals surface area contributed by atoms with E-state index in [0.717, 1.165) is 19.5 Å². The van der Waals surface area contributed by atoms with Gasteiger partial charge >= 0.3 is 5.97 Å². The fourth-order valence-electron chi connectivity index (χ4n) is 5.76. The first-order chi connectivity index (χ1) is 19.7. The van der Waals surface area contributed by atoms with Gasteiger partial charge in [-0.1, -0.05) is 60.5 Å². The van der Waals surface area contributed by atoms with Crippen molar-refractivity contribution in [1.82, 2.24) is 20.4 Å². The predicted octanol–water partition coefficient (Wildman–Crippen LogP) is 4.66. The Bertz CT molecular complexity index is 1190. The molecule has 4 rings (SSSR count). The van der Waals surface area contributed by atoms with E-state index in [1.807, 2.05) is 23.1 Å². The van der Waals surface area contributed by atoms with Crippen LogP contribution in [0, 0.1) is 5.92 Å². The van der Waals surface area contributed by atoms with E-state index in [1.54, 1.807) is 18.2 Å². The number of nitrogens with zero attached hydrogens (tertiary/aromatic N) is 2. The number of nitrogens with one attached hydrogen (secondary N) is 2. The highest BCUT2D eigenvalue weighted by Gasteiger charge is 2.33. The Hall–Kier alpha value is -2.65. The van der Waals surface area contributed by atoms with E-state index in [2.05, 4.69) is 34.6 Å². The lowest BCUT2D eigenvalue weighted by atomic mass is 9.95. The number of carbonyl (C=O) groups excluding carboxylic acids is 2. The van der Waals surface area contributed by atoms with Crippen LogP contribution in [0.3, 0.4) is 0 Å². The molecular weight excluding hydrogens is 563 g/mol. The molecule has 3 N–H and O–H groups in total. The Morgan fingerprint density at radius 1 is 1.05 bits per heavy atom. The molecule has 2 saturated heterocycles. The van der Waals surface area contributed by atoms with Crippen molar-refractivity contribution < 1.29 is 19.5 Å². The van der Waals surface area contributed by atoms with Crippen molar-refractivity contribution in [3.05, 3.63) is 69.7 Å². The summed E-state index contributed by atoms with van der Waals surface area (Å²) in [7, 11) is 0. The lowest BCUT2D eigenvalue weighted by Crippen LogP contribution is -2.50. The number of benzene rings is 2. The first kappa shape index (κ1) is 31.3. The Labute approximate surface area is 252 Å². The molecule has 41 heavy (non-hydrogen) atoms. The first-order valence-electron chi connectivity index (χ1n) is 14.5. The zero-order chi connectivity index (χ0) is 29.4. The molecule has 1 unspecified atom stereocenters. The fraction of sp³-hybridized carbons (Fsp3) is 0.516. The topological polar surface area (TPSA) is 102 Å². The number of carboxylic acid groups (broad SMARTS) is 1. The summed E-state index contributed by atoms with van der Waals surface area (Å²) < 4.78 is 0. The number of hydrogen-bond donors (Lipinski definition) is 3. The molecule has 3 atom stereocenters. The molecule has 0 radical (unpaired) electrons. The van der Waals surface area contributed by atoms with Gasteiger partial charge in [0, 0.05) is 43.7 Å². The quantitative estimate of drug-likeness (QED) is 0.346. The van der Waals surface area contributed by atoms with Crippen molar-refractivity contribution in [2.45, 2.75) is 57.0 Å². The van der Waals surface area contributed by atoms with Crippen molar-refractivity contribution in [1.29, 1.82) is 0 Å². The van der Waals surface area contributed by atoms with E-state index in [-0.39, 0.29) is 29.7 Å². The highest BCUT2D eigenvalue weighted by molar-refractivity contribution is 6.42. The maximum atomic E-state index is 13.9. The summed E-state index contributed by atoms with van der Waals surface area (Å²) >= 11 is 12.1. The van der Waals surface area contributed by atoms with Gasteiger partial charge in [0.1, 0.15) is 0 Å². The second kappa shape index (κ2) is 15.0. The number of carboxylic acids is 1. The van der Waals surface area contributed by atoms with Crippen LogP contribution in [-0.4, -0.2) is 84.0 Å². The van der Waals surface area contributed by atoms with Gasteiger partial charge in [-0.3, -0.25) is 14.4 Å². The van der Waals surface area contributed by atoms with Crippen LogP contribution < -0.4 is 10.6 Å². The van der Waals surface area contributed by atoms with Crippen molar-refractivity contribution in [3.8, 4) is 0 Å². The van der Waals surface area contributed by atoms with Crippen molar-refractivity contribution in [2.75, 3.05) is 39.3 Å². The zero-order valence-electron chi connectivity index (χ0n) is 23.5. The molecule has 2 aliphatic heterocycles. The third kappa shape index (κ3) is 8.67. The van der Waals surface area contributed by atoms with Crippen molar-refractivity contribution in [3.63, 3.8) is 0 Å². The number of halogens is 2. The summed E-state index contributed by atoms with van der Waals surface area (Å²) in [6.45, 7) is 5.91. The van der Waals surface area contributed by atoms with Crippen LogP contribution in [0.4, 0.5) is 0 Å². The van der Waals surface area contributed by atoms with Crippen LogP contribution in [0.1, 0.15) is 60.9 Å². The van der Waals surface area contributed by atoms with Gasteiger partial charge < -0.3 is 25.5 Å². The molecule has 0 saturated carbocycles. The van der Waals surface area contributed by atoms with E-state index in [9.17, 15) is 19.5 Å². The van der Waals surface area contributed by atoms with Gasteiger partial charge in [0.2, 0.25) is 5.91 Å². The maximum absolute atomic E-state index is 13.9. The Morgan fingerprint density at radius 2 is 1.78 bits per heavy atom. The normalized spacial score (nSPS) is 21.3. The van der Waals surface area contributed by atoms with Crippen LogP contribution in [0.2, 0.25) is 10.0 Å². The van der Waals surface area contributed by atoms with Crippen LogP contribution in [-0.2, 0) is 9.59 Å². The average Bonchev–Trinajstić information content (AvgIpc) is 3.13. The van der Waals surface area contributed by atoms with E-state index in [0.29, 0.717) is 67.5 Å². The number of amides is 2. The molecule has 2 aromatic carbocycles. The van der Waals surface area contributed by atoms with E-state index < -0.39 is 12.0 Å². The molecular formula is C31H40Cl2N4O4. The van der Waals surface area contributed by atoms with Gasteiger partial charge in [-0.15, -0.1) is 0 Å². The Morgan fingerprint density at radius 3 is 2.44 bits per heavy atom. The zero-order valence-corrected chi connectivity index (χ0v) is 25.0. The van der Waals surface area contributed by atoms with Crippen LogP contribution in [0.15, 0.2) is 48.5 Å². The lowest BCUT2D eigenvalue weighted by Gasteiger charge is -2.32. The molecule has 222 valence electrons. The van der Waals surface area contributed by atoms with Gasteiger partial charge in [-0.05, 0) is 69.0 Å². The molecule has 2 amide bonds. The van der Waals surface area contributed by atoms with Gasteiger partial charge in [0.15, 0.2) is 0 Å². The molecule has 2 fully saturated rings. The molecule has 10 heteroatoms. The largest absolute Gasteiger partial charge is 0.481 e. The summed E-state index contributed by atoms with van der Waals surface area (Å²) in [5, 5.41) is 16.6. The third-order valence-corrected chi connectivity index (χ3v) is 9.10. The number of carbonyl (C=O) groups is 3. The smallest absolute Gasteiger partial charge is 0.306 e. The third-order valence-electron chi connectivity index (χ3n) is 8.36. The molecule has 0 spiro atoms. The second-order valence-corrected chi connectivity index (χ2v) is 11.9. The minimum Gasteiger partial charge on any atom is -0.481 e. The summed E-state index contributed by atoms with van der Waals surface area (Å²) in [5.74, 6) is -0.937. The van der Waals surface area contributed by atoms with Gasteiger partial charge in [-0.25, -0.2) is 0 Å². The van der Waals surface area contributed by atoms with Crippen molar-refractivity contribution >= 4 is 41.0 Å². The molecule has 0 aromatic heterocycles. The lowest BCUT2D eigenvalue weighted by molar-refractivity contribution is -0.143. The molecule has 8 nitrogen and oxygen atoms in total. The van der Waals surface area contributed by atoms with Crippen molar-refractivity contribution in [2.24, 2.45) is 5.92 Å². The van der Waals surface area contributed by atoms with Crippen LogP contribution >= 0.6 is 23.2 Å². The minimum atomic E-state index is -0.726. The predicted molar refractivity (Wildman–Crippen MR) is 162 cm³/mol. The molecule has 2 heterocycles. The highest BCUT2D eigenvalue weighted by Crippen LogP contribution is 2.24. The molecule has 0 bridgehead atoms. The minimum absolute atomic E-state index is 0.0816. The van der Waals surface area contributed by atoms with Gasteiger partial charge in [0.05, 0.1) is 22.0 Å². The number of aliphatic carboxylic acids is 1. The highest BCUT2D eigenvalue weighted by atomic mass is 35.5. The first-order valence-corrected chi connectivity index (χ1v) is 15.3. The standard InChI is InChI=1S/C31H40Cl2N4O4/c1-2-21(22-6-4-3-5-7-22)20-37-17-12-25(19-34-29(38)24-8-9-26(32)27(33)18-24)35-28(30(37)39)13-16-36-14-10-23(11-15-36)31(40)41/h3-9,18,21,23,25,28,35H,2,10-17,19-20H2,1H3,(H,34,38)(H,40,41)/t21?,25-,28-/m0/s1. The fourth-order valence-corrected chi connectivity index (χ4v) is 6.06. The molecule has 0 aliphatic carbocycles. The Balaban J connectivity index is 1.42. The maximum Gasteiger partial charge on any atom is 0.306 e. The van der Waals surface area contributed by atoms with Crippen LogP contribution in [0.25, 0.3) is 0 Å². The van der Waals surface area contributed by atoms with E-state index in [4.69, 9.17) is 23.2 Å². The van der Waals surface area contributed by atoms with E-state index >= 15 is 0 Å². The number of rotatable bonds is 11. The van der Waals surface area contributed by atoms with Gasteiger partial charge in [-0.2, -0.15) is 0 Å². The number of likely N-dealkylation sites (tertiary alicyclic amines) is 1. The Kier molecular flexibility index (Phi) is 11.5. The number of piperidine rings is 1. The summed E-state index contributed by atoms with van der Waals surface area (Å²) in [6.07, 6.45) is 3.51. The summed E-state index contributed by atoms with van der Waals surface area (Å²) in [5.41, 5.74) is 1.66. The number of hydrogen-bond acceptors (Lipinski definition) is 5. The average molecular weight is 604 g/mol. The summed E-state index contributed by atoms with van der Waals surface area (Å²) in [4.78, 5) is 42.3. The molecule has 2 aliphatic rings. The summed E-state index contributed by atoms with van der Waals surface area (Å²) in [6, 6.07) is 14.6. The van der Waals surface area contributed by atoms with Crippen LogP contribution in [0.5, 0.6) is 0 Å². The second-order valence-electron chi connectivity index (χ2n) is 11.1. The van der Waals surface area contributed by atoms with Gasteiger partial charge in [0.25, 0.3) is 5.91 Å². The monoisotopic (exact) mass is 602 g/mol. The molecule has 2 aromatic rings. The van der Waals surface area contributed by atoms with E-state index in [1.165, 1.54) is 5.56 Å². The SMILES string of the molecule is CCC(CN1CC[C@@H](CNC(=O)c2ccc(Cl)c(Cl)c2)N[C@@H](CCN2CCC(C(=O)O)CC2)C1=O)c1ccccc1.